The van der Waals surface area contributed by atoms with Crippen molar-refractivity contribution in [2.24, 2.45) is 0 Å². The second-order valence-electron chi connectivity index (χ2n) is 4.59. The van der Waals surface area contributed by atoms with Crippen molar-refractivity contribution in [2.45, 2.75) is 13.8 Å². The third-order valence-corrected chi connectivity index (χ3v) is 3.14. The minimum absolute atomic E-state index is 0.943. The lowest BCUT2D eigenvalue weighted by molar-refractivity contribution is 0.487. The van der Waals surface area contributed by atoms with E-state index in [1.165, 1.54) is 21.9 Å². The standard InChI is InChI=1S/C17H15O/c1-12-10-15(11-13(2)18-12)17-9-5-7-14-6-3-4-8-16(14)17/h3-11H,1-2H3/q+1. The van der Waals surface area contributed by atoms with E-state index in [0.717, 1.165) is 11.5 Å². The third-order valence-electron chi connectivity index (χ3n) is 3.14. The van der Waals surface area contributed by atoms with E-state index < -0.39 is 0 Å². The van der Waals surface area contributed by atoms with E-state index in [1.807, 2.05) is 13.8 Å². The Labute approximate surface area is 107 Å². The van der Waals surface area contributed by atoms with Crippen LogP contribution in [0.1, 0.15) is 11.5 Å². The fraction of sp³-hybridized carbons (Fsp3) is 0.118. The van der Waals surface area contributed by atoms with Crippen LogP contribution in [0, 0.1) is 13.8 Å². The molecule has 0 spiro atoms. The molecule has 0 aliphatic carbocycles. The molecule has 3 rings (SSSR count). The molecular formula is C17H15O+. The quantitative estimate of drug-likeness (QED) is 0.540. The van der Waals surface area contributed by atoms with Crippen LogP contribution < -0.4 is 0 Å². The molecular weight excluding hydrogens is 220 g/mol. The lowest BCUT2D eigenvalue weighted by Gasteiger charge is -2.05. The van der Waals surface area contributed by atoms with E-state index in [2.05, 4.69) is 54.6 Å². The van der Waals surface area contributed by atoms with Gasteiger partial charge in [0.05, 0.1) is 13.8 Å². The molecule has 0 saturated carbocycles. The van der Waals surface area contributed by atoms with Gasteiger partial charge in [-0.05, 0) is 16.3 Å². The predicted octanol–water partition coefficient (Wildman–Crippen LogP) is 5.00. The molecule has 18 heavy (non-hydrogen) atoms. The molecule has 0 saturated heterocycles. The molecule has 0 fully saturated rings. The van der Waals surface area contributed by atoms with E-state index in [9.17, 15) is 0 Å². The Balaban J connectivity index is 2.31. The van der Waals surface area contributed by atoms with E-state index in [4.69, 9.17) is 4.42 Å². The third kappa shape index (κ3) is 1.88. The maximum atomic E-state index is 5.55. The van der Waals surface area contributed by atoms with Gasteiger partial charge in [0, 0.05) is 17.7 Å². The van der Waals surface area contributed by atoms with Gasteiger partial charge in [0.15, 0.2) is 0 Å². The Bertz CT molecular complexity index is 688. The van der Waals surface area contributed by atoms with Crippen LogP contribution in [0.2, 0.25) is 0 Å². The summed E-state index contributed by atoms with van der Waals surface area (Å²) in [7, 11) is 0. The molecule has 0 aliphatic heterocycles. The smallest absolute Gasteiger partial charge is 0.218 e. The van der Waals surface area contributed by atoms with Gasteiger partial charge in [-0.2, -0.15) is 0 Å². The van der Waals surface area contributed by atoms with Gasteiger partial charge in [-0.15, -0.1) is 0 Å². The topological polar surface area (TPSA) is 11.3 Å². The zero-order valence-corrected chi connectivity index (χ0v) is 10.6. The van der Waals surface area contributed by atoms with Gasteiger partial charge in [0.25, 0.3) is 0 Å². The summed E-state index contributed by atoms with van der Waals surface area (Å²) in [5.74, 6) is 1.89. The maximum Gasteiger partial charge on any atom is 0.327 e. The summed E-state index contributed by atoms with van der Waals surface area (Å²) in [6.07, 6.45) is 0. The molecule has 0 N–H and O–H groups in total. The number of benzene rings is 2. The minimum Gasteiger partial charge on any atom is -0.218 e. The number of fused-ring (bicyclic) bond motifs is 1. The molecule has 0 bridgehead atoms. The summed E-state index contributed by atoms with van der Waals surface area (Å²) in [5.41, 5.74) is 2.48. The van der Waals surface area contributed by atoms with Crippen LogP contribution in [0.25, 0.3) is 21.9 Å². The fourth-order valence-corrected chi connectivity index (χ4v) is 2.43. The zero-order valence-electron chi connectivity index (χ0n) is 10.6. The SMILES string of the molecule is Cc1cc(-c2cccc3ccccc23)cc(C)[o+]1. The average Bonchev–Trinajstić information content (AvgIpc) is 2.37. The van der Waals surface area contributed by atoms with Crippen LogP contribution in [0.3, 0.4) is 0 Å². The Morgan fingerprint density at radius 1 is 0.778 bits per heavy atom. The molecule has 1 heteroatoms. The van der Waals surface area contributed by atoms with Crippen molar-refractivity contribution < 1.29 is 4.42 Å². The molecule has 0 radical (unpaired) electrons. The van der Waals surface area contributed by atoms with Gasteiger partial charge in [-0.1, -0.05) is 42.5 Å². The first-order valence-electron chi connectivity index (χ1n) is 6.13. The molecule has 0 unspecified atom stereocenters. The second kappa shape index (κ2) is 4.26. The van der Waals surface area contributed by atoms with Crippen LogP contribution >= 0.6 is 0 Å². The van der Waals surface area contributed by atoms with Crippen LogP contribution in [0.4, 0.5) is 0 Å². The summed E-state index contributed by atoms with van der Waals surface area (Å²) in [6, 6.07) is 19.1. The summed E-state index contributed by atoms with van der Waals surface area (Å²) in [5, 5.41) is 2.55. The highest BCUT2D eigenvalue weighted by atomic mass is 16.3. The van der Waals surface area contributed by atoms with Crippen molar-refractivity contribution in [3.8, 4) is 11.1 Å². The molecule has 2 aromatic carbocycles. The van der Waals surface area contributed by atoms with E-state index >= 15 is 0 Å². The van der Waals surface area contributed by atoms with Crippen molar-refractivity contribution in [3.05, 3.63) is 66.1 Å². The minimum atomic E-state index is 0.943. The van der Waals surface area contributed by atoms with Gasteiger partial charge in [-0.25, -0.2) is 4.42 Å². The first-order valence-corrected chi connectivity index (χ1v) is 6.13. The molecule has 0 atom stereocenters. The second-order valence-corrected chi connectivity index (χ2v) is 4.59. The van der Waals surface area contributed by atoms with Crippen LogP contribution in [0.5, 0.6) is 0 Å². The van der Waals surface area contributed by atoms with Gasteiger partial charge < -0.3 is 0 Å². The van der Waals surface area contributed by atoms with Crippen molar-refractivity contribution in [3.63, 3.8) is 0 Å². The average molecular weight is 235 g/mol. The first-order chi connectivity index (χ1) is 8.74. The highest BCUT2D eigenvalue weighted by molar-refractivity contribution is 5.96. The number of hydrogen-bond donors (Lipinski definition) is 0. The molecule has 1 aromatic heterocycles. The van der Waals surface area contributed by atoms with Gasteiger partial charge in [0.1, 0.15) is 0 Å². The zero-order chi connectivity index (χ0) is 12.5. The Morgan fingerprint density at radius 2 is 1.44 bits per heavy atom. The number of hydrogen-bond acceptors (Lipinski definition) is 0. The summed E-state index contributed by atoms with van der Waals surface area (Å²) >= 11 is 0. The Kier molecular flexibility index (Phi) is 2.60. The molecule has 1 nitrogen and oxygen atoms in total. The van der Waals surface area contributed by atoms with Crippen molar-refractivity contribution in [1.29, 1.82) is 0 Å². The Hall–Kier alpha value is -2.15. The van der Waals surface area contributed by atoms with Gasteiger partial charge in [-0.3, -0.25) is 0 Å². The molecule has 88 valence electrons. The fourth-order valence-electron chi connectivity index (χ4n) is 2.43. The van der Waals surface area contributed by atoms with Crippen molar-refractivity contribution >= 4 is 10.8 Å². The van der Waals surface area contributed by atoms with Crippen LogP contribution in [-0.2, 0) is 0 Å². The van der Waals surface area contributed by atoms with Crippen LogP contribution in [-0.4, -0.2) is 0 Å². The van der Waals surface area contributed by atoms with E-state index in [-0.39, 0.29) is 0 Å². The lowest BCUT2D eigenvalue weighted by Crippen LogP contribution is -1.84. The normalized spacial score (nSPS) is 10.8. The largest absolute Gasteiger partial charge is 0.327 e. The lowest BCUT2D eigenvalue weighted by atomic mass is 9.98. The van der Waals surface area contributed by atoms with Crippen molar-refractivity contribution in [2.75, 3.05) is 0 Å². The predicted molar refractivity (Wildman–Crippen MR) is 75.5 cm³/mol. The highest BCUT2D eigenvalue weighted by Gasteiger charge is 2.11. The first kappa shape index (κ1) is 11.0. The number of aryl methyl sites for hydroxylation is 2. The van der Waals surface area contributed by atoms with Gasteiger partial charge >= 0.3 is 11.5 Å². The molecule has 0 aliphatic rings. The summed E-state index contributed by atoms with van der Waals surface area (Å²) in [4.78, 5) is 0. The maximum absolute atomic E-state index is 5.55. The van der Waals surface area contributed by atoms with E-state index in [1.54, 1.807) is 0 Å². The molecule has 1 heterocycles. The highest BCUT2D eigenvalue weighted by Crippen LogP contribution is 2.29. The van der Waals surface area contributed by atoms with Crippen LogP contribution in [0.15, 0.2) is 59.0 Å². The van der Waals surface area contributed by atoms with E-state index in [0.29, 0.717) is 0 Å². The van der Waals surface area contributed by atoms with Crippen molar-refractivity contribution in [1.82, 2.24) is 0 Å². The molecule has 3 aromatic rings. The number of rotatable bonds is 1. The summed E-state index contributed by atoms with van der Waals surface area (Å²) < 4.78 is 5.55. The van der Waals surface area contributed by atoms with Gasteiger partial charge in [0.2, 0.25) is 0 Å². The monoisotopic (exact) mass is 235 g/mol. The summed E-state index contributed by atoms with van der Waals surface area (Å²) in [6.45, 7) is 3.98. The molecule has 0 amide bonds. The Morgan fingerprint density at radius 3 is 2.22 bits per heavy atom.